The summed E-state index contributed by atoms with van der Waals surface area (Å²) < 4.78 is 0. The average Bonchev–Trinajstić information content (AvgIpc) is 2.54. The molecule has 0 aliphatic rings. The molecule has 120 valence electrons. The molecule has 1 rings (SSSR count). The molecule has 21 heavy (non-hydrogen) atoms. The third-order valence-corrected chi connectivity index (χ3v) is 4.30. The maximum Gasteiger partial charge on any atom is 0.0414 e. The molecule has 3 nitrogen and oxygen atoms in total. The van der Waals surface area contributed by atoms with Gasteiger partial charge in [-0.2, -0.15) is 0 Å². The lowest BCUT2D eigenvalue weighted by Gasteiger charge is -2.28. The molecular formula is C18H33N3. The fourth-order valence-corrected chi connectivity index (χ4v) is 2.78. The van der Waals surface area contributed by atoms with E-state index in [-0.39, 0.29) is 6.04 Å². The second-order valence-electron chi connectivity index (χ2n) is 5.53. The maximum absolute atomic E-state index is 6.27. The molecule has 0 bridgehead atoms. The Hall–Kier alpha value is -1.06. The third kappa shape index (κ3) is 5.33. The van der Waals surface area contributed by atoms with Crippen LogP contribution in [0.4, 0.5) is 5.69 Å². The zero-order valence-corrected chi connectivity index (χ0v) is 14.3. The Bertz CT molecular complexity index is 388. The van der Waals surface area contributed by atoms with Crippen molar-refractivity contribution >= 4 is 5.69 Å². The van der Waals surface area contributed by atoms with Crippen LogP contribution in [0, 0.1) is 0 Å². The van der Waals surface area contributed by atoms with Crippen molar-refractivity contribution in [3.63, 3.8) is 0 Å². The van der Waals surface area contributed by atoms with Gasteiger partial charge in [-0.25, -0.2) is 0 Å². The van der Waals surface area contributed by atoms with E-state index < -0.39 is 0 Å². The highest BCUT2D eigenvalue weighted by atomic mass is 15.1. The van der Waals surface area contributed by atoms with E-state index in [1.165, 1.54) is 24.2 Å². The highest BCUT2D eigenvalue weighted by Crippen LogP contribution is 2.26. The molecule has 3 heteroatoms. The largest absolute Gasteiger partial charge is 0.371 e. The topological polar surface area (TPSA) is 32.5 Å². The Labute approximate surface area is 131 Å². The van der Waals surface area contributed by atoms with Gasteiger partial charge in [-0.1, -0.05) is 39.0 Å². The van der Waals surface area contributed by atoms with Crippen LogP contribution in [0.2, 0.25) is 0 Å². The minimum Gasteiger partial charge on any atom is -0.371 e. The van der Waals surface area contributed by atoms with Gasteiger partial charge in [0.25, 0.3) is 0 Å². The van der Waals surface area contributed by atoms with E-state index >= 15 is 0 Å². The standard InChI is InChI=1S/C18H33N3/c1-5-17(19)16-12-9-10-13-18(16)21(8-4)15-11-14-20(6-2)7-3/h9-10,12-13,17H,5-8,11,14-15,19H2,1-4H3/t17-/m0/s1. The van der Waals surface area contributed by atoms with E-state index in [4.69, 9.17) is 5.73 Å². The van der Waals surface area contributed by atoms with E-state index in [9.17, 15) is 0 Å². The van der Waals surface area contributed by atoms with Crippen molar-refractivity contribution in [2.45, 2.75) is 46.6 Å². The average molecular weight is 291 g/mol. The highest BCUT2D eigenvalue weighted by molar-refractivity contribution is 5.54. The van der Waals surface area contributed by atoms with Crippen LogP contribution >= 0.6 is 0 Å². The minimum absolute atomic E-state index is 0.137. The van der Waals surface area contributed by atoms with Crippen molar-refractivity contribution in [2.24, 2.45) is 5.73 Å². The zero-order chi connectivity index (χ0) is 15.7. The molecule has 0 radical (unpaired) electrons. The molecular weight excluding hydrogens is 258 g/mol. The number of hydrogen-bond acceptors (Lipinski definition) is 3. The number of nitrogens with zero attached hydrogens (tertiary/aromatic N) is 2. The Morgan fingerprint density at radius 1 is 0.952 bits per heavy atom. The van der Waals surface area contributed by atoms with Gasteiger partial charge in [-0.05, 0) is 51.0 Å². The van der Waals surface area contributed by atoms with Gasteiger partial charge in [0.05, 0.1) is 0 Å². The molecule has 0 unspecified atom stereocenters. The summed E-state index contributed by atoms with van der Waals surface area (Å²) in [6.07, 6.45) is 2.18. The quantitative estimate of drug-likeness (QED) is 0.714. The molecule has 0 fully saturated rings. The Kier molecular flexibility index (Phi) is 8.40. The molecule has 0 aliphatic heterocycles. The van der Waals surface area contributed by atoms with Crippen LogP contribution in [-0.2, 0) is 0 Å². The van der Waals surface area contributed by atoms with Crippen LogP contribution in [-0.4, -0.2) is 37.6 Å². The van der Waals surface area contributed by atoms with Gasteiger partial charge < -0.3 is 15.5 Å². The SMILES string of the molecule is CC[C@H](N)c1ccccc1N(CC)CCCN(CC)CC. The lowest BCUT2D eigenvalue weighted by Crippen LogP contribution is -2.31. The van der Waals surface area contributed by atoms with E-state index in [1.54, 1.807) is 0 Å². The van der Waals surface area contributed by atoms with Crippen LogP contribution < -0.4 is 10.6 Å². The fraction of sp³-hybridized carbons (Fsp3) is 0.667. The predicted molar refractivity (Wildman–Crippen MR) is 94.0 cm³/mol. The van der Waals surface area contributed by atoms with Crippen LogP contribution in [0.1, 0.15) is 52.1 Å². The second-order valence-corrected chi connectivity index (χ2v) is 5.53. The van der Waals surface area contributed by atoms with E-state index in [0.29, 0.717) is 0 Å². The molecule has 0 aromatic heterocycles. The van der Waals surface area contributed by atoms with E-state index in [2.05, 4.69) is 61.8 Å². The number of anilines is 1. The molecule has 1 aromatic carbocycles. The first-order chi connectivity index (χ1) is 10.2. The van der Waals surface area contributed by atoms with Crippen LogP contribution in [0.5, 0.6) is 0 Å². The summed E-state index contributed by atoms with van der Waals surface area (Å²) in [6, 6.07) is 8.74. The van der Waals surface area contributed by atoms with Crippen molar-refractivity contribution in [1.29, 1.82) is 0 Å². The molecule has 2 N–H and O–H groups in total. The number of benzene rings is 1. The number of hydrogen-bond donors (Lipinski definition) is 1. The molecule has 0 aliphatic carbocycles. The monoisotopic (exact) mass is 291 g/mol. The van der Waals surface area contributed by atoms with Gasteiger partial charge in [0.1, 0.15) is 0 Å². The normalized spacial score (nSPS) is 12.7. The van der Waals surface area contributed by atoms with Crippen LogP contribution in [0.15, 0.2) is 24.3 Å². The van der Waals surface area contributed by atoms with Gasteiger partial charge in [0, 0.05) is 24.8 Å². The van der Waals surface area contributed by atoms with E-state index in [0.717, 1.165) is 32.6 Å². The first-order valence-electron chi connectivity index (χ1n) is 8.49. The number of rotatable bonds is 10. The zero-order valence-electron chi connectivity index (χ0n) is 14.3. The first kappa shape index (κ1) is 18.0. The Morgan fingerprint density at radius 2 is 1.62 bits per heavy atom. The fourth-order valence-electron chi connectivity index (χ4n) is 2.78. The summed E-state index contributed by atoms with van der Waals surface area (Å²) in [5, 5.41) is 0. The molecule has 0 saturated carbocycles. The van der Waals surface area contributed by atoms with Crippen molar-refractivity contribution in [2.75, 3.05) is 37.6 Å². The van der Waals surface area contributed by atoms with Gasteiger partial charge in [0.2, 0.25) is 0 Å². The molecule has 1 atom stereocenters. The van der Waals surface area contributed by atoms with Crippen molar-refractivity contribution in [1.82, 2.24) is 4.90 Å². The summed E-state index contributed by atoms with van der Waals surface area (Å²) in [4.78, 5) is 4.95. The van der Waals surface area contributed by atoms with E-state index in [1.807, 2.05) is 0 Å². The van der Waals surface area contributed by atoms with Gasteiger partial charge in [-0.15, -0.1) is 0 Å². The van der Waals surface area contributed by atoms with Crippen LogP contribution in [0.3, 0.4) is 0 Å². The van der Waals surface area contributed by atoms with Gasteiger partial charge in [0.15, 0.2) is 0 Å². The lowest BCUT2D eigenvalue weighted by molar-refractivity contribution is 0.300. The molecule has 0 saturated heterocycles. The summed E-state index contributed by atoms with van der Waals surface area (Å²) in [5.74, 6) is 0. The Morgan fingerprint density at radius 3 is 2.19 bits per heavy atom. The first-order valence-corrected chi connectivity index (χ1v) is 8.49. The number of nitrogens with two attached hydrogens (primary N) is 1. The van der Waals surface area contributed by atoms with Crippen molar-refractivity contribution in [3.05, 3.63) is 29.8 Å². The van der Waals surface area contributed by atoms with Crippen LogP contribution in [0.25, 0.3) is 0 Å². The molecule has 1 aromatic rings. The summed E-state index contributed by atoms with van der Waals surface area (Å²) in [6.45, 7) is 14.4. The summed E-state index contributed by atoms with van der Waals surface area (Å²) in [5.41, 5.74) is 8.87. The predicted octanol–water partition coefficient (Wildman–Crippen LogP) is 3.65. The Balaban J connectivity index is 2.72. The van der Waals surface area contributed by atoms with Crippen molar-refractivity contribution < 1.29 is 0 Å². The minimum atomic E-state index is 0.137. The smallest absolute Gasteiger partial charge is 0.0414 e. The van der Waals surface area contributed by atoms with Crippen molar-refractivity contribution in [3.8, 4) is 0 Å². The summed E-state index contributed by atoms with van der Waals surface area (Å²) >= 11 is 0. The molecule has 0 heterocycles. The second kappa shape index (κ2) is 9.80. The summed E-state index contributed by atoms with van der Waals surface area (Å²) in [7, 11) is 0. The number of para-hydroxylation sites is 1. The van der Waals surface area contributed by atoms with Gasteiger partial charge in [-0.3, -0.25) is 0 Å². The maximum atomic E-state index is 6.27. The highest BCUT2D eigenvalue weighted by Gasteiger charge is 2.13. The molecule has 0 amide bonds. The molecule has 0 spiro atoms. The van der Waals surface area contributed by atoms with Gasteiger partial charge >= 0.3 is 0 Å². The lowest BCUT2D eigenvalue weighted by atomic mass is 10.0. The third-order valence-electron chi connectivity index (χ3n) is 4.30.